The van der Waals surface area contributed by atoms with Gasteiger partial charge in [-0.3, -0.25) is 4.79 Å². The minimum absolute atomic E-state index is 0.105. The average molecular weight is 282 g/mol. The van der Waals surface area contributed by atoms with Crippen LogP contribution in [0, 0.1) is 6.92 Å². The largest absolute Gasteiger partial charge is 0.496 e. The fraction of sp³-hybridized carbons (Fsp3) is 0.278. The molecule has 21 heavy (non-hydrogen) atoms. The van der Waals surface area contributed by atoms with Gasteiger partial charge in [0.05, 0.1) is 13.7 Å². The highest BCUT2D eigenvalue weighted by Crippen LogP contribution is 2.27. The normalized spacial score (nSPS) is 12.7. The van der Waals surface area contributed by atoms with E-state index in [1.807, 2.05) is 43.3 Å². The molecule has 0 spiro atoms. The highest BCUT2D eigenvalue weighted by molar-refractivity contribution is 5.98. The lowest BCUT2D eigenvalue weighted by Gasteiger charge is -2.09. The summed E-state index contributed by atoms with van der Waals surface area (Å²) in [7, 11) is 1.63. The fourth-order valence-corrected chi connectivity index (χ4v) is 2.68. The van der Waals surface area contributed by atoms with Gasteiger partial charge in [-0.05, 0) is 36.8 Å². The van der Waals surface area contributed by atoms with Crippen LogP contribution in [0.3, 0.4) is 0 Å². The molecule has 0 bridgehead atoms. The topological polar surface area (TPSA) is 35.5 Å². The smallest absolute Gasteiger partial charge is 0.167 e. The van der Waals surface area contributed by atoms with Gasteiger partial charge < -0.3 is 9.47 Å². The molecule has 0 unspecified atom stereocenters. The molecule has 0 aromatic heterocycles. The molecule has 108 valence electrons. The summed E-state index contributed by atoms with van der Waals surface area (Å²) in [5.74, 6) is 1.77. The van der Waals surface area contributed by atoms with E-state index in [4.69, 9.17) is 9.47 Å². The van der Waals surface area contributed by atoms with Crippen LogP contribution in [0.4, 0.5) is 0 Å². The summed E-state index contributed by atoms with van der Waals surface area (Å²) in [6.07, 6.45) is 1.23. The van der Waals surface area contributed by atoms with Crippen molar-refractivity contribution in [2.24, 2.45) is 0 Å². The Morgan fingerprint density at radius 1 is 1.24 bits per heavy atom. The molecule has 3 heteroatoms. The van der Waals surface area contributed by atoms with Crippen molar-refractivity contribution in [3.63, 3.8) is 0 Å². The zero-order chi connectivity index (χ0) is 14.8. The van der Waals surface area contributed by atoms with Crippen LogP contribution in [-0.4, -0.2) is 19.5 Å². The number of Topliss-reactive ketones (excluding diaryl/α,β-unsaturated/α-hetero) is 1. The Morgan fingerprint density at radius 2 is 2.10 bits per heavy atom. The highest BCUT2D eigenvalue weighted by atomic mass is 16.5. The second-order valence-electron chi connectivity index (χ2n) is 5.34. The first-order valence-electron chi connectivity index (χ1n) is 7.10. The number of carbonyl (C=O) groups excluding carboxylic acids is 1. The van der Waals surface area contributed by atoms with Crippen molar-refractivity contribution in [2.45, 2.75) is 19.8 Å². The van der Waals surface area contributed by atoms with E-state index in [0.717, 1.165) is 40.2 Å². The number of methoxy groups -OCH3 is 1. The summed E-state index contributed by atoms with van der Waals surface area (Å²) in [4.78, 5) is 12.5. The van der Waals surface area contributed by atoms with Gasteiger partial charge in [0, 0.05) is 24.0 Å². The number of fused-ring (bicyclic) bond motifs is 1. The van der Waals surface area contributed by atoms with E-state index in [9.17, 15) is 4.79 Å². The predicted molar refractivity (Wildman–Crippen MR) is 81.4 cm³/mol. The van der Waals surface area contributed by atoms with Crippen LogP contribution in [0.25, 0.3) is 0 Å². The molecule has 0 N–H and O–H groups in total. The molecule has 0 amide bonds. The minimum atomic E-state index is 0.105. The van der Waals surface area contributed by atoms with Crippen LogP contribution in [0.1, 0.15) is 27.0 Å². The molecule has 1 aliphatic heterocycles. The Hall–Kier alpha value is -2.29. The first kappa shape index (κ1) is 13.7. The van der Waals surface area contributed by atoms with Crippen LogP contribution in [-0.2, 0) is 12.8 Å². The van der Waals surface area contributed by atoms with Crippen LogP contribution >= 0.6 is 0 Å². The maximum absolute atomic E-state index is 12.5. The summed E-state index contributed by atoms with van der Waals surface area (Å²) in [6.45, 7) is 2.72. The monoisotopic (exact) mass is 282 g/mol. The van der Waals surface area contributed by atoms with Crippen molar-refractivity contribution in [1.29, 1.82) is 0 Å². The molecule has 0 atom stereocenters. The van der Waals surface area contributed by atoms with Crippen molar-refractivity contribution < 1.29 is 14.3 Å². The zero-order valence-electron chi connectivity index (χ0n) is 12.3. The van der Waals surface area contributed by atoms with Gasteiger partial charge in [-0.25, -0.2) is 0 Å². The van der Waals surface area contributed by atoms with Gasteiger partial charge >= 0.3 is 0 Å². The van der Waals surface area contributed by atoms with Gasteiger partial charge in [-0.2, -0.15) is 0 Å². The van der Waals surface area contributed by atoms with E-state index in [0.29, 0.717) is 13.0 Å². The first-order valence-corrected chi connectivity index (χ1v) is 7.10. The third kappa shape index (κ3) is 2.77. The van der Waals surface area contributed by atoms with Crippen molar-refractivity contribution in [3.05, 3.63) is 58.7 Å². The van der Waals surface area contributed by atoms with Crippen LogP contribution in [0.15, 0.2) is 36.4 Å². The van der Waals surface area contributed by atoms with Crippen molar-refractivity contribution in [1.82, 2.24) is 0 Å². The number of rotatable bonds is 4. The van der Waals surface area contributed by atoms with E-state index in [1.54, 1.807) is 7.11 Å². The van der Waals surface area contributed by atoms with Crippen LogP contribution in [0.5, 0.6) is 11.5 Å². The molecule has 2 aromatic carbocycles. The second-order valence-corrected chi connectivity index (χ2v) is 5.34. The van der Waals surface area contributed by atoms with Crippen molar-refractivity contribution in [3.8, 4) is 11.5 Å². The molecular weight excluding hydrogens is 264 g/mol. The lowest BCUT2D eigenvalue weighted by molar-refractivity contribution is 0.0992. The van der Waals surface area contributed by atoms with Crippen molar-refractivity contribution >= 4 is 5.78 Å². The van der Waals surface area contributed by atoms with Gasteiger partial charge in [0.25, 0.3) is 0 Å². The number of ketones is 1. The summed E-state index contributed by atoms with van der Waals surface area (Å²) < 4.78 is 10.8. The Bertz CT molecular complexity index is 689. The minimum Gasteiger partial charge on any atom is -0.496 e. The third-order valence-electron chi connectivity index (χ3n) is 3.80. The summed E-state index contributed by atoms with van der Waals surface area (Å²) >= 11 is 0. The molecule has 0 saturated heterocycles. The summed E-state index contributed by atoms with van der Waals surface area (Å²) in [6, 6.07) is 11.6. The molecule has 0 radical (unpaired) electrons. The van der Waals surface area contributed by atoms with Gasteiger partial charge in [-0.15, -0.1) is 0 Å². The third-order valence-corrected chi connectivity index (χ3v) is 3.80. The van der Waals surface area contributed by atoms with Crippen LogP contribution < -0.4 is 9.47 Å². The number of hydrogen-bond acceptors (Lipinski definition) is 3. The standard InChI is InChI=1S/C18H18O3/c1-12-3-5-17(20-2)15(9-12)11-16(19)13-4-6-18-14(10-13)7-8-21-18/h3-6,9-10H,7-8,11H2,1-2H3. The number of benzene rings is 2. The number of ether oxygens (including phenoxy) is 2. The number of hydrogen-bond donors (Lipinski definition) is 0. The van der Waals surface area contributed by atoms with E-state index in [1.165, 1.54) is 0 Å². The highest BCUT2D eigenvalue weighted by Gasteiger charge is 2.16. The lowest BCUT2D eigenvalue weighted by atomic mass is 9.99. The maximum atomic E-state index is 12.5. The first-order chi connectivity index (χ1) is 10.2. The summed E-state index contributed by atoms with van der Waals surface area (Å²) in [5.41, 5.74) is 3.92. The molecule has 0 fully saturated rings. The molecule has 0 aliphatic carbocycles. The molecular formula is C18H18O3. The predicted octanol–water partition coefficient (Wildman–Crippen LogP) is 3.36. The van der Waals surface area contributed by atoms with E-state index >= 15 is 0 Å². The van der Waals surface area contributed by atoms with Crippen molar-refractivity contribution in [2.75, 3.05) is 13.7 Å². The lowest BCUT2D eigenvalue weighted by Crippen LogP contribution is -2.05. The number of carbonyl (C=O) groups is 1. The fourth-order valence-electron chi connectivity index (χ4n) is 2.68. The zero-order valence-corrected chi connectivity index (χ0v) is 12.3. The SMILES string of the molecule is COc1ccc(C)cc1CC(=O)c1ccc2c(c1)CCO2. The van der Waals surface area contributed by atoms with Gasteiger partial charge in [0.2, 0.25) is 0 Å². The van der Waals surface area contributed by atoms with E-state index in [2.05, 4.69) is 0 Å². The van der Waals surface area contributed by atoms with Gasteiger partial charge in [0.15, 0.2) is 5.78 Å². The Labute approximate surface area is 124 Å². The quantitative estimate of drug-likeness (QED) is 0.807. The van der Waals surface area contributed by atoms with Gasteiger partial charge in [-0.1, -0.05) is 17.7 Å². The maximum Gasteiger partial charge on any atom is 0.167 e. The summed E-state index contributed by atoms with van der Waals surface area (Å²) in [5, 5.41) is 0. The van der Waals surface area contributed by atoms with E-state index < -0.39 is 0 Å². The second kappa shape index (κ2) is 5.60. The molecule has 1 aliphatic rings. The van der Waals surface area contributed by atoms with Crippen LogP contribution in [0.2, 0.25) is 0 Å². The number of aryl methyl sites for hydroxylation is 1. The van der Waals surface area contributed by atoms with Gasteiger partial charge in [0.1, 0.15) is 11.5 Å². The molecule has 3 nitrogen and oxygen atoms in total. The molecule has 2 aromatic rings. The molecule has 3 rings (SSSR count). The van der Waals surface area contributed by atoms with E-state index in [-0.39, 0.29) is 5.78 Å². The molecule has 0 saturated carbocycles. The Balaban J connectivity index is 1.85. The average Bonchev–Trinajstić information content (AvgIpc) is 2.94. The molecule has 1 heterocycles. The Kier molecular flexibility index (Phi) is 3.65. The Morgan fingerprint density at radius 3 is 2.90 bits per heavy atom.